The van der Waals surface area contributed by atoms with E-state index in [-0.39, 0.29) is 17.8 Å². The van der Waals surface area contributed by atoms with E-state index in [2.05, 4.69) is 26.0 Å². The summed E-state index contributed by atoms with van der Waals surface area (Å²) >= 11 is 0. The average Bonchev–Trinajstić information content (AvgIpc) is 2.73. The molecule has 0 bridgehead atoms. The number of hydrogen-bond acceptors (Lipinski definition) is 4. The van der Waals surface area contributed by atoms with Crippen LogP contribution in [0.25, 0.3) is 0 Å². The second kappa shape index (κ2) is 11.6. The van der Waals surface area contributed by atoms with Gasteiger partial charge in [0.2, 0.25) is 0 Å². The Morgan fingerprint density at radius 2 is 1.61 bits per heavy atom. The maximum absolute atomic E-state index is 12.6. The van der Waals surface area contributed by atoms with Crippen molar-refractivity contribution < 1.29 is 29.3 Å². The van der Waals surface area contributed by atoms with Crippen LogP contribution in [0.5, 0.6) is 5.75 Å². The Morgan fingerprint density at radius 1 is 1.00 bits per heavy atom. The Balaban J connectivity index is 1.83. The van der Waals surface area contributed by atoms with Gasteiger partial charge in [0.25, 0.3) is 0 Å². The van der Waals surface area contributed by atoms with Gasteiger partial charge in [-0.3, -0.25) is 4.79 Å². The van der Waals surface area contributed by atoms with Crippen molar-refractivity contribution in [3.8, 4) is 5.75 Å². The van der Waals surface area contributed by atoms with Crippen LogP contribution in [0.2, 0.25) is 0 Å². The van der Waals surface area contributed by atoms with Crippen molar-refractivity contribution in [2.24, 2.45) is 0 Å². The van der Waals surface area contributed by atoms with Gasteiger partial charge in [-0.15, -0.1) is 0 Å². The van der Waals surface area contributed by atoms with E-state index in [9.17, 15) is 14.4 Å². The molecule has 0 saturated carbocycles. The van der Waals surface area contributed by atoms with Gasteiger partial charge < -0.3 is 14.9 Å². The number of rotatable bonds is 11. The van der Waals surface area contributed by atoms with Crippen LogP contribution in [0.15, 0.2) is 53.1 Å². The molecule has 0 aliphatic carbocycles. The summed E-state index contributed by atoms with van der Waals surface area (Å²) in [6.45, 7) is 7.70. The van der Waals surface area contributed by atoms with Gasteiger partial charge in [-0.2, -0.15) is 0 Å². The fourth-order valence-corrected chi connectivity index (χ4v) is 3.82. The SMILES string of the molecule is C/C(=C\CC/C(C)=C/CCC1(C)CC(=O)c2cc(C(=O)O)ccc2O1)CC/C=C(\C)C(=O)O. The summed E-state index contributed by atoms with van der Waals surface area (Å²) in [5.74, 6) is -1.56. The van der Waals surface area contributed by atoms with E-state index in [0.29, 0.717) is 23.3 Å². The third-order valence-electron chi connectivity index (χ3n) is 5.94. The van der Waals surface area contributed by atoms with Gasteiger partial charge in [0.15, 0.2) is 5.78 Å². The van der Waals surface area contributed by atoms with Crippen LogP contribution >= 0.6 is 0 Å². The highest BCUT2D eigenvalue weighted by Gasteiger charge is 2.36. The molecule has 2 N–H and O–H groups in total. The molecule has 0 spiro atoms. The van der Waals surface area contributed by atoms with Gasteiger partial charge >= 0.3 is 11.9 Å². The number of benzene rings is 1. The highest BCUT2D eigenvalue weighted by molar-refractivity contribution is 6.02. The zero-order valence-electron chi connectivity index (χ0n) is 19.9. The summed E-state index contributed by atoms with van der Waals surface area (Å²) in [6, 6.07) is 4.43. The number of carboxylic acid groups (broad SMARTS) is 2. The molecule has 0 saturated heterocycles. The first-order valence-electron chi connectivity index (χ1n) is 11.3. The maximum Gasteiger partial charge on any atom is 0.335 e. The minimum Gasteiger partial charge on any atom is -0.486 e. The molecule has 33 heavy (non-hydrogen) atoms. The smallest absolute Gasteiger partial charge is 0.335 e. The molecular weight excluding hydrogens is 420 g/mol. The topological polar surface area (TPSA) is 101 Å². The number of hydrogen-bond donors (Lipinski definition) is 2. The van der Waals surface area contributed by atoms with E-state index in [0.717, 1.165) is 32.1 Å². The Hall–Kier alpha value is -3.15. The van der Waals surface area contributed by atoms with Gasteiger partial charge in [0.05, 0.1) is 17.5 Å². The first-order valence-corrected chi connectivity index (χ1v) is 11.3. The molecule has 1 unspecified atom stereocenters. The van der Waals surface area contributed by atoms with Crippen LogP contribution in [0.3, 0.4) is 0 Å². The first-order chi connectivity index (χ1) is 15.5. The van der Waals surface area contributed by atoms with Gasteiger partial charge in [-0.1, -0.05) is 29.4 Å². The van der Waals surface area contributed by atoms with Crippen LogP contribution in [0.1, 0.15) is 93.4 Å². The molecule has 6 nitrogen and oxygen atoms in total. The Kier molecular flexibility index (Phi) is 9.21. The Bertz CT molecular complexity index is 998. The summed E-state index contributed by atoms with van der Waals surface area (Å²) in [6.07, 6.45) is 11.3. The van der Waals surface area contributed by atoms with Crippen molar-refractivity contribution in [3.63, 3.8) is 0 Å². The summed E-state index contributed by atoms with van der Waals surface area (Å²) in [7, 11) is 0. The number of carbonyl (C=O) groups is 3. The monoisotopic (exact) mass is 454 g/mol. The predicted molar refractivity (Wildman–Crippen MR) is 128 cm³/mol. The van der Waals surface area contributed by atoms with E-state index in [1.54, 1.807) is 19.1 Å². The number of aliphatic carboxylic acids is 1. The minimum atomic E-state index is -1.06. The fraction of sp³-hybridized carbons (Fsp3) is 0.444. The predicted octanol–water partition coefficient (Wildman–Crippen LogP) is 6.37. The summed E-state index contributed by atoms with van der Waals surface area (Å²) < 4.78 is 6.09. The van der Waals surface area contributed by atoms with Gasteiger partial charge in [0.1, 0.15) is 11.4 Å². The number of carboxylic acids is 2. The third kappa shape index (κ3) is 8.04. The number of ether oxygens (including phenoxy) is 1. The second-order valence-corrected chi connectivity index (χ2v) is 9.08. The van der Waals surface area contributed by atoms with Crippen LogP contribution < -0.4 is 4.74 Å². The molecule has 1 aromatic rings. The normalized spacial score (nSPS) is 19.2. The van der Waals surface area contributed by atoms with Crippen LogP contribution in [0, 0.1) is 0 Å². The number of fused-ring (bicyclic) bond motifs is 1. The number of ketones is 1. The molecule has 0 amide bonds. The third-order valence-corrected chi connectivity index (χ3v) is 5.94. The molecule has 0 aromatic heterocycles. The highest BCUT2D eigenvalue weighted by atomic mass is 16.5. The Morgan fingerprint density at radius 3 is 2.21 bits per heavy atom. The van der Waals surface area contributed by atoms with Crippen molar-refractivity contribution in [3.05, 3.63) is 64.3 Å². The maximum atomic E-state index is 12.6. The second-order valence-electron chi connectivity index (χ2n) is 9.08. The number of allylic oxidation sites excluding steroid dienone is 5. The van der Waals surface area contributed by atoms with E-state index in [1.165, 1.54) is 23.3 Å². The van der Waals surface area contributed by atoms with Crippen molar-refractivity contribution in [2.75, 3.05) is 0 Å². The zero-order chi connectivity index (χ0) is 24.6. The Labute approximate surface area is 195 Å². The average molecular weight is 455 g/mol. The molecule has 0 fully saturated rings. The highest BCUT2D eigenvalue weighted by Crippen LogP contribution is 2.36. The van der Waals surface area contributed by atoms with Gasteiger partial charge in [-0.05, 0) is 84.4 Å². The number of carbonyl (C=O) groups excluding carboxylic acids is 1. The van der Waals surface area contributed by atoms with E-state index < -0.39 is 17.5 Å². The van der Waals surface area contributed by atoms with Crippen LogP contribution in [-0.2, 0) is 4.79 Å². The molecule has 2 rings (SSSR count). The molecule has 1 atom stereocenters. The largest absolute Gasteiger partial charge is 0.486 e. The molecule has 1 aliphatic rings. The summed E-state index contributed by atoms with van der Waals surface area (Å²) in [5, 5.41) is 18.0. The molecule has 178 valence electrons. The standard InChI is InChI=1S/C27H34O6/c1-18(10-6-12-20(3)25(29)30)8-5-9-19(2)11-7-15-27(4)17-23(28)22-16-21(26(31)32)13-14-24(22)33-27/h8,11-14,16H,5-7,9-10,15,17H2,1-4H3,(H,29,30)(H,31,32)/b18-8+,19-11+,20-12+. The van der Waals surface area contributed by atoms with Crippen molar-refractivity contribution >= 4 is 17.7 Å². The van der Waals surface area contributed by atoms with Crippen molar-refractivity contribution in [2.45, 2.75) is 78.2 Å². The molecule has 1 aliphatic heterocycles. The van der Waals surface area contributed by atoms with E-state index >= 15 is 0 Å². The minimum absolute atomic E-state index is 0.0865. The number of Topliss-reactive ketones (excluding diaryl/α,β-unsaturated/α-hetero) is 1. The first kappa shape index (κ1) is 26.1. The molecule has 0 radical (unpaired) electrons. The lowest BCUT2D eigenvalue weighted by Crippen LogP contribution is -2.39. The molecule has 1 heterocycles. The van der Waals surface area contributed by atoms with E-state index in [1.807, 2.05) is 6.92 Å². The lowest BCUT2D eigenvalue weighted by Gasteiger charge is -2.35. The fourth-order valence-electron chi connectivity index (χ4n) is 3.82. The van der Waals surface area contributed by atoms with Gasteiger partial charge in [-0.25, -0.2) is 9.59 Å². The molecule has 1 aromatic carbocycles. The van der Waals surface area contributed by atoms with Crippen molar-refractivity contribution in [1.82, 2.24) is 0 Å². The summed E-state index contributed by atoms with van der Waals surface area (Å²) in [4.78, 5) is 34.5. The number of aromatic carboxylic acids is 1. The lowest BCUT2D eigenvalue weighted by molar-refractivity contribution is -0.132. The molecule has 6 heteroatoms. The van der Waals surface area contributed by atoms with E-state index in [4.69, 9.17) is 14.9 Å². The quantitative estimate of drug-likeness (QED) is 0.297. The lowest BCUT2D eigenvalue weighted by atomic mass is 9.87. The summed E-state index contributed by atoms with van der Waals surface area (Å²) in [5.41, 5.74) is 2.73. The van der Waals surface area contributed by atoms with Crippen LogP contribution in [0.4, 0.5) is 0 Å². The zero-order valence-corrected chi connectivity index (χ0v) is 19.9. The van der Waals surface area contributed by atoms with Gasteiger partial charge in [0, 0.05) is 5.57 Å². The molecular formula is C27H34O6. The van der Waals surface area contributed by atoms with Crippen LogP contribution in [-0.4, -0.2) is 33.5 Å². The van der Waals surface area contributed by atoms with Crippen molar-refractivity contribution in [1.29, 1.82) is 0 Å².